The lowest BCUT2D eigenvalue weighted by Crippen LogP contribution is -1.73. The molecular weight excluding hydrogens is 174 g/mol. The van der Waals surface area contributed by atoms with Gasteiger partial charge in [-0.25, -0.2) is 0 Å². The van der Waals surface area contributed by atoms with Crippen LogP contribution >= 0.6 is 0 Å². The summed E-state index contributed by atoms with van der Waals surface area (Å²) in [5, 5.41) is 7.58. The third kappa shape index (κ3) is 3.86. The lowest BCUT2D eigenvalue weighted by molar-refractivity contribution is -0.107. The van der Waals surface area contributed by atoms with Crippen molar-refractivity contribution < 1.29 is 4.79 Å². The van der Waals surface area contributed by atoms with Gasteiger partial charge in [-0.05, 0) is 24.3 Å². The van der Waals surface area contributed by atoms with Crippen molar-refractivity contribution in [2.75, 3.05) is 0 Å². The number of hydrogen-bond donors (Lipinski definition) is 0. The highest BCUT2D eigenvalue weighted by molar-refractivity contribution is 5.52. The van der Waals surface area contributed by atoms with Gasteiger partial charge in [0.05, 0.1) is 12.5 Å². The second-order valence-electron chi connectivity index (χ2n) is 3.21. The van der Waals surface area contributed by atoms with E-state index in [1.54, 1.807) is 6.07 Å². The number of nitriles is 1. The molecular formula is C12H13NO. The Balaban J connectivity index is 0.000000171. The Bertz CT molecular complexity index is 309. The van der Waals surface area contributed by atoms with Crippen LogP contribution in [0.3, 0.4) is 0 Å². The molecule has 2 heteroatoms. The Morgan fingerprint density at radius 2 is 2.00 bits per heavy atom. The highest BCUT2D eigenvalue weighted by atomic mass is 16.1. The van der Waals surface area contributed by atoms with E-state index in [1.165, 1.54) is 18.4 Å². The fourth-order valence-corrected chi connectivity index (χ4v) is 1.18. The summed E-state index contributed by atoms with van der Waals surface area (Å²) in [7, 11) is 0. The van der Waals surface area contributed by atoms with Gasteiger partial charge < -0.3 is 4.79 Å². The van der Waals surface area contributed by atoms with Gasteiger partial charge in [-0.3, -0.25) is 0 Å². The number of nitrogens with zero attached hydrogens (tertiary/aromatic N) is 1. The summed E-state index contributed by atoms with van der Waals surface area (Å²) in [6.45, 7) is 0. The van der Waals surface area contributed by atoms with Crippen LogP contribution in [0.5, 0.6) is 0 Å². The second-order valence-corrected chi connectivity index (χ2v) is 3.21. The summed E-state index contributed by atoms with van der Waals surface area (Å²) in [4.78, 5) is 9.18. The number of carbonyl (C=O) groups is 1. The molecule has 1 saturated carbocycles. The van der Waals surface area contributed by atoms with Crippen LogP contribution in [0.2, 0.25) is 0 Å². The monoisotopic (exact) mass is 187 g/mol. The van der Waals surface area contributed by atoms with Crippen molar-refractivity contribution in [3.05, 3.63) is 35.9 Å². The maximum absolute atomic E-state index is 9.18. The minimum absolute atomic E-state index is 0.0139. The van der Waals surface area contributed by atoms with Crippen molar-refractivity contribution in [2.45, 2.75) is 25.2 Å². The average Bonchev–Trinajstić information content (AvgIpc) is 3.05. The third-order valence-corrected chi connectivity index (χ3v) is 2.02. The summed E-state index contributed by atoms with van der Waals surface area (Å²) in [6, 6.07) is 12.4. The van der Waals surface area contributed by atoms with Crippen molar-refractivity contribution in [3.8, 4) is 6.07 Å². The van der Waals surface area contributed by atoms with Crippen molar-refractivity contribution in [1.82, 2.24) is 0 Å². The number of hydrogen-bond acceptors (Lipinski definition) is 2. The van der Waals surface area contributed by atoms with Crippen molar-refractivity contribution in [3.63, 3.8) is 0 Å². The van der Waals surface area contributed by atoms with Gasteiger partial charge in [0.15, 0.2) is 0 Å². The molecule has 2 rings (SSSR count). The molecule has 0 spiro atoms. The highest BCUT2D eigenvalue weighted by Gasteiger charge is 2.22. The molecule has 14 heavy (non-hydrogen) atoms. The molecule has 0 heterocycles. The Kier molecular flexibility index (Phi) is 4.43. The Morgan fingerprint density at radius 3 is 2.36 bits per heavy atom. The molecule has 0 unspecified atom stereocenters. The van der Waals surface area contributed by atoms with Crippen molar-refractivity contribution in [1.29, 1.82) is 5.26 Å². The highest BCUT2D eigenvalue weighted by Crippen LogP contribution is 2.39. The molecule has 0 saturated heterocycles. The molecule has 72 valence electrons. The second kappa shape index (κ2) is 5.93. The Hall–Kier alpha value is -1.62. The molecule has 0 aromatic heterocycles. The molecule has 1 aliphatic rings. The van der Waals surface area contributed by atoms with Crippen LogP contribution in [0.4, 0.5) is 0 Å². The summed E-state index contributed by atoms with van der Waals surface area (Å²) in [6.07, 6.45) is 3.40. The predicted molar refractivity (Wildman–Crippen MR) is 54.7 cm³/mol. The van der Waals surface area contributed by atoms with Crippen LogP contribution in [0, 0.1) is 11.3 Å². The van der Waals surface area contributed by atoms with E-state index in [-0.39, 0.29) is 6.42 Å². The molecule has 0 atom stereocenters. The third-order valence-electron chi connectivity index (χ3n) is 2.02. The van der Waals surface area contributed by atoms with Gasteiger partial charge in [0, 0.05) is 0 Å². The van der Waals surface area contributed by atoms with Crippen LogP contribution in [0.1, 0.15) is 30.7 Å². The molecule has 2 nitrogen and oxygen atoms in total. The zero-order valence-electron chi connectivity index (χ0n) is 8.02. The predicted octanol–water partition coefficient (Wildman–Crippen LogP) is 2.66. The zero-order valence-corrected chi connectivity index (χ0v) is 8.02. The summed E-state index contributed by atoms with van der Waals surface area (Å²) < 4.78 is 0. The Morgan fingerprint density at radius 1 is 1.36 bits per heavy atom. The van der Waals surface area contributed by atoms with Gasteiger partial charge in [0.2, 0.25) is 0 Å². The van der Waals surface area contributed by atoms with E-state index in [2.05, 4.69) is 30.3 Å². The molecule has 0 N–H and O–H groups in total. The van der Waals surface area contributed by atoms with Gasteiger partial charge in [-0.15, -0.1) is 0 Å². The fourth-order valence-electron chi connectivity index (χ4n) is 1.18. The topological polar surface area (TPSA) is 40.9 Å². The van der Waals surface area contributed by atoms with Crippen LogP contribution in [0.15, 0.2) is 30.3 Å². The molecule has 1 aliphatic carbocycles. The van der Waals surface area contributed by atoms with Crippen molar-refractivity contribution >= 4 is 6.29 Å². The lowest BCUT2D eigenvalue weighted by atomic mass is 10.1. The molecule has 0 bridgehead atoms. The number of aldehydes is 1. The van der Waals surface area contributed by atoms with E-state index in [0.717, 1.165) is 5.92 Å². The SMILES string of the molecule is N#CCC=O.c1ccc(C2CC2)cc1. The van der Waals surface area contributed by atoms with Gasteiger partial charge >= 0.3 is 0 Å². The minimum atomic E-state index is 0.0139. The minimum Gasteiger partial charge on any atom is -0.302 e. The summed E-state index contributed by atoms with van der Waals surface area (Å²) >= 11 is 0. The summed E-state index contributed by atoms with van der Waals surface area (Å²) in [5.74, 6) is 0.909. The van der Waals surface area contributed by atoms with Crippen LogP contribution < -0.4 is 0 Å². The van der Waals surface area contributed by atoms with Crippen LogP contribution in [-0.4, -0.2) is 6.29 Å². The zero-order chi connectivity index (χ0) is 10.2. The van der Waals surface area contributed by atoms with Crippen molar-refractivity contribution in [2.24, 2.45) is 0 Å². The standard InChI is InChI=1S/C9H10.C3H3NO/c1-2-4-8(5-3-1)9-6-7-9;4-2-1-3-5/h1-5,9H,6-7H2;3H,1H2. The normalized spacial score (nSPS) is 13.4. The first kappa shape index (κ1) is 10.5. The Labute approximate surface area is 84.2 Å². The van der Waals surface area contributed by atoms with Crippen LogP contribution in [0.25, 0.3) is 0 Å². The lowest BCUT2D eigenvalue weighted by Gasteiger charge is -1.92. The van der Waals surface area contributed by atoms with E-state index in [0.29, 0.717) is 6.29 Å². The first-order valence-electron chi connectivity index (χ1n) is 4.74. The maximum atomic E-state index is 9.18. The van der Waals surface area contributed by atoms with E-state index in [9.17, 15) is 4.79 Å². The van der Waals surface area contributed by atoms with Gasteiger partial charge in [-0.1, -0.05) is 30.3 Å². The van der Waals surface area contributed by atoms with E-state index < -0.39 is 0 Å². The molecule has 1 aromatic rings. The molecule has 0 radical (unpaired) electrons. The first-order valence-corrected chi connectivity index (χ1v) is 4.74. The number of benzene rings is 1. The van der Waals surface area contributed by atoms with Gasteiger partial charge in [0.25, 0.3) is 0 Å². The first-order chi connectivity index (χ1) is 6.88. The summed E-state index contributed by atoms with van der Waals surface area (Å²) in [5.41, 5.74) is 1.53. The van der Waals surface area contributed by atoms with E-state index >= 15 is 0 Å². The largest absolute Gasteiger partial charge is 0.302 e. The number of carbonyl (C=O) groups excluding carboxylic acids is 1. The molecule has 0 amide bonds. The van der Waals surface area contributed by atoms with Gasteiger partial charge in [-0.2, -0.15) is 5.26 Å². The van der Waals surface area contributed by atoms with E-state index in [4.69, 9.17) is 5.26 Å². The maximum Gasteiger partial charge on any atom is 0.134 e. The molecule has 0 aliphatic heterocycles. The fraction of sp³-hybridized carbons (Fsp3) is 0.333. The van der Waals surface area contributed by atoms with Gasteiger partial charge in [0.1, 0.15) is 6.29 Å². The van der Waals surface area contributed by atoms with Crippen LogP contribution in [-0.2, 0) is 4.79 Å². The quantitative estimate of drug-likeness (QED) is 0.668. The molecule has 1 aromatic carbocycles. The number of rotatable bonds is 2. The smallest absolute Gasteiger partial charge is 0.134 e. The average molecular weight is 187 g/mol. The van der Waals surface area contributed by atoms with E-state index in [1.807, 2.05) is 0 Å². The molecule has 1 fully saturated rings.